The highest BCUT2D eigenvalue weighted by molar-refractivity contribution is 5.94. The molecule has 1 amide bonds. The van der Waals surface area contributed by atoms with E-state index in [4.69, 9.17) is 13.9 Å². The van der Waals surface area contributed by atoms with Gasteiger partial charge in [0.1, 0.15) is 22.8 Å². The van der Waals surface area contributed by atoms with Gasteiger partial charge in [-0.3, -0.25) is 9.69 Å². The van der Waals surface area contributed by atoms with Crippen molar-refractivity contribution in [2.24, 2.45) is 0 Å². The van der Waals surface area contributed by atoms with Crippen LogP contribution in [0, 0.1) is 0 Å². The molecule has 0 atom stereocenters. The zero-order chi connectivity index (χ0) is 24.2. The second-order valence-corrected chi connectivity index (χ2v) is 8.82. The van der Waals surface area contributed by atoms with Crippen molar-refractivity contribution < 1.29 is 18.7 Å². The van der Waals surface area contributed by atoms with Crippen molar-refractivity contribution in [3.63, 3.8) is 0 Å². The van der Waals surface area contributed by atoms with Crippen molar-refractivity contribution in [2.45, 2.75) is 13.0 Å². The van der Waals surface area contributed by atoms with Crippen molar-refractivity contribution in [1.29, 1.82) is 0 Å². The SMILES string of the molecule is COc1cccc(C(=O)N2CCCN(Cc3cc4cc(-c5ccccc5OC)ccc4o3)CC2)c1. The van der Waals surface area contributed by atoms with Gasteiger partial charge in [-0.05, 0) is 54.4 Å². The van der Waals surface area contributed by atoms with Gasteiger partial charge >= 0.3 is 0 Å². The highest BCUT2D eigenvalue weighted by Crippen LogP contribution is 2.33. The molecule has 5 rings (SSSR count). The van der Waals surface area contributed by atoms with E-state index in [0.29, 0.717) is 17.9 Å². The van der Waals surface area contributed by atoms with E-state index in [0.717, 1.165) is 66.2 Å². The zero-order valence-corrected chi connectivity index (χ0v) is 20.2. The second-order valence-electron chi connectivity index (χ2n) is 8.82. The van der Waals surface area contributed by atoms with Crippen LogP contribution in [-0.2, 0) is 6.54 Å². The maximum absolute atomic E-state index is 13.0. The summed E-state index contributed by atoms with van der Waals surface area (Å²) in [5, 5.41) is 1.08. The number of fused-ring (bicyclic) bond motifs is 1. The molecule has 1 fully saturated rings. The molecule has 1 aromatic heterocycles. The monoisotopic (exact) mass is 470 g/mol. The summed E-state index contributed by atoms with van der Waals surface area (Å²) in [5.41, 5.74) is 3.71. The minimum absolute atomic E-state index is 0.0540. The first-order valence-corrected chi connectivity index (χ1v) is 12.0. The molecule has 0 spiro atoms. The van der Waals surface area contributed by atoms with E-state index in [2.05, 4.69) is 29.2 Å². The van der Waals surface area contributed by atoms with Crippen LogP contribution in [0.1, 0.15) is 22.5 Å². The van der Waals surface area contributed by atoms with Crippen LogP contribution in [0.4, 0.5) is 0 Å². The third-order valence-electron chi connectivity index (χ3n) is 6.56. The molecule has 3 aromatic carbocycles. The number of carbonyl (C=O) groups excluding carboxylic acids is 1. The Morgan fingerprint density at radius 2 is 1.77 bits per heavy atom. The first kappa shape index (κ1) is 23.0. The van der Waals surface area contributed by atoms with Crippen molar-refractivity contribution in [3.05, 3.63) is 84.1 Å². The number of rotatable bonds is 6. The topological polar surface area (TPSA) is 55.2 Å². The molecule has 180 valence electrons. The summed E-state index contributed by atoms with van der Waals surface area (Å²) in [7, 11) is 3.31. The molecule has 0 N–H and O–H groups in total. The van der Waals surface area contributed by atoms with Crippen LogP contribution in [0.5, 0.6) is 11.5 Å². The summed E-state index contributed by atoms with van der Waals surface area (Å²) in [6.07, 6.45) is 0.924. The third kappa shape index (κ3) is 5.03. The summed E-state index contributed by atoms with van der Waals surface area (Å²) < 4.78 is 17.0. The molecule has 0 bridgehead atoms. The molecule has 0 aliphatic carbocycles. The summed E-state index contributed by atoms with van der Waals surface area (Å²) in [5.74, 6) is 2.54. The van der Waals surface area contributed by atoms with Crippen LogP contribution >= 0.6 is 0 Å². The highest BCUT2D eigenvalue weighted by Gasteiger charge is 2.21. The molecule has 0 unspecified atom stereocenters. The van der Waals surface area contributed by atoms with Crippen molar-refractivity contribution in [3.8, 4) is 22.6 Å². The van der Waals surface area contributed by atoms with Gasteiger partial charge in [0.05, 0.1) is 20.8 Å². The lowest BCUT2D eigenvalue weighted by Crippen LogP contribution is -2.35. The van der Waals surface area contributed by atoms with Gasteiger partial charge in [0.25, 0.3) is 5.91 Å². The molecule has 1 saturated heterocycles. The second kappa shape index (κ2) is 10.2. The molecule has 1 aliphatic rings. The number of benzene rings is 3. The van der Waals surface area contributed by atoms with Gasteiger partial charge in [-0.2, -0.15) is 0 Å². The molecule has 4 aromatic rings. The predicted molar refractivity (Wildman–Crippen MR) is 137 cm³/mol. The molecule has 0 saturated carbocycles. The van der Waals surface area contributed by atoms with Gasteiger partial charge in [-0.1, -0.05) is 30.3 Å². The Balaban J connectivity index is 1.26. The number of carbonyl (C=O) groups is 1. The molecule has 6 heteroatoms. The Hall–Kier alpha value is -3.77. The molecule has 35 heavy (non-hydrogen) atoms. The Kier molecular flexibility index (Phi) is 6.73. The normalized spacial score (nSPS) is 14.6. The van der Waals surface area contributed by atoms with Crippen LogP contribution in [0.3, 0.4) is 0 Å². The number of hydrogen-bond acceptors (Lipinski definition) is 5. The fourth-order valence-electron chi connectivity index (χ4n) is 4.72. The van der Waals surface area contributed by atoms with Gasteiger partial charge < -0.3 is 18.8 Å². The molecule has 1 aliphatic heterocycles. The Morgan fingerprint density at radius 1 is 0.886 bits per heavy atom. The van der Waals surface area contributed by atoms with Crippen molar-refractivity contribution in [2.75, 3.05) is 40.4 Å². The minimum Gasteiger partial charge on any atom is -0.497 e. The van der Waals surface area contributed by atoms with Crippen LogP contribution in [0.25, 0.3) is 22.1 Å². The first-order valence-electron chi connectivity index (χ1n) is 12.0. The average molecular weight is 471 g/mol. The van der Waals surface area contributed by atoms with Crippen LogP contribution in [0.15, 0.2) is 77.2 Å². The average Bonchev–Trinajstić information content (AvgIpc) is 3.16. The highest BCUT2D eigenvalue weighted by atomic mass is 16.5. The molecule has 0 radical (unpaired) electrons. The van der Waals surface area contributed by atoms with Crippen LogP contribution in [0.2, 0.25) is 0 Å². The third-order valence-corrected chi connectivity index (χ3v) is 6.56. The fourth-order valence-corrected chi connectivity index (χ4v) is 4.72. The minimum atomic E-state index is 0.0540. The lowest BCUT2D eigenvalue weighted by atomic mass is 10.0. The van der Waals surface area contributed by atoms with Gasteiger partial charge in [0, 0.05) is 42.7 Å². The molecular weight excluding hydrogens is 440 g/mol. The summed E-state index contributed by atoms with van der Waals surface area (Å²) in [6, 6.07) is 23.8. The Bertz CT molecular complexity index is 1330. The maximum atomic E-state index is 13.0. The van der Waals surface area contributed by atoms with E-state index in [9.17, 15) is 4.79 Å². The van der Waals surface area contributed by atoms with Crippen molar-refractivity contribution in [1.82, 2.24) is 9.80 Å². The number of para-hydroxylation sites is 1. The fraction of sp³-hybridized carbons (Fsp3) is 0.276. The number of nitrogens with zero attached hydrogens (tertiary/aromatic N) is 2. The number of furan rings is 1. The van der Waals surface area contributed by atoms with Crippen molar-refractivity contribution >= 4 is 16.9 Å². The van der Waals surface area contributed by atoms with E-state index >= 15 is 0 Å². The number of ether oxygens (including phenoxy) is 2. The van der Waals surface area contributed by atoms with Gasteiger partial charge in [0.15, 0.2) is 0 Å². The zero-order valence-electron chi connectivity index (χ0n) is 20.2. The molecule has 2 heterocycles. The summed E-state index contributed by atoms with van der Waals surface area (Å²) in [4.78, 5) is 17.3. The van der Waals surface area contributed by atoms with E-state index < -0.39 is 0 Å². The van der Waals surface area contributed by atoms with E-state index in [1.807, 2.05) is 47.4 Å². The van der Waals surface area contributed by atoms with Gasteiger partial charge in [-0.25, -0.2) is 0 Å². The largest absolute Gasteiger partial charge is 0.497 e. The number of amides is 1. The Morgan fingerprint density at radius 3 is 2.63 bits per heavy atom. The van der Waals surface area contributed by atoms with Crippen LogP contribution < -0.4 is 9.47 Å². The summed E-state index contributed by atoms with van der Waals surface area (Å²) in [6.45, 7) is 3.88. The first-order chi connectivity index (χ1) is 17.1. The molecule has 6 nitrogen and oxygen atoms in total. The lowest BCUT2D eigenvalue weighted by molar-refractivity contribution is 0.0760. The van der Waals surface area contributed by atoms with E-state index in [1.165, 1.54) is 0 Å². The standard InChI is InChI=1S/C29H30N2O4/c1-33-24-8-5-7-22(18-24)29(32)31-14-6-13-30(15-16-31)20-25-19-23-17-21(11-12-27(23)35-25)26-9-3-4-10-28(26)34-2/h3-5,7-12,17-19H,6,13-16,20H2,1-2H3. The predicted octanol–water partition coefficient (Wildman–Crippen LogP) is 5.47. The van der Waals surface area contributed by atoms with Gasteiger partial charge in [0.2, 0.25) is 0 Å². The number of hydrogen-bond donors (Lipinski definition) is 0. The summed E-state index contributed by atoms with van der Waals surface area (Å²) >= 11 is 0. The van der Waals surface area contributed by atoms with E-state index in [-0.39, 0.29) is 5.91 Å². The van der Waals surface area contributed by atoms with Gasteiger partial charge in [-0.15, -0.1) is 0 Å². The van der Waals surface area contributed by atoms with E-state index in [1.54, 1.807) is 20.3 Å². The maximum Gasteiger partial charge on any atom is 0.254 e. The van der Waals surface area contributed by atoms with Crippen LogP contribution in [-0.4, -0.2) is 56.1 Å². The quantitative estimate of drug-likeness (QED) is 0.374. The lowest BCUT2D eigenvalue weighted by Gasteiger charge is -2.21. The molecular formula is C29H30N2O4. The number of methoxy groups -OCH3 is 2. The smallest absolute Gasteiger partial charge is 0.254 e. The Labute approximate surface area is 205 Å².